The predicted octanol–water partition coefficient (Wildman–Crippen LogP) is 4.84. The Hall–Kier alpha value is -3.76. The van der Waals surface area contributed by atoms with Gasteiger partial charge < -0.3 is 15.2 Å². The molecule has 0 amide bonds. The minimum absolute atomic E-state index is 0.177. The second kappa shape index (κ2) is 9.47. The van der Waals surface area contributed by atoms with Crippen LogP contribution in [0.2, 0.25) is 0 Å². The average Bonchev–Trinajstić information content (AvgIpc) is 3.21. The topological polar surface area (TPSA) is 114 Å². The normalized spacial score (nSPS) is 11.9. The smallest absolute Gasteiger partial charge is 0.241 e. The van der Waals surface area contributed by atoms with Gasteiger partial charge in [-0.25, -0.2) is 23.1 Å². The van der Waals surface area contributed by atoms with Crippen LogP contribution in [0.3, 0.4) is 0 Å². The number of aromatic nitrogens is 4. The summed E-state index contributed by atoms with van der Waals surface area (Å²) >= 11 is 0. The van der Waals surface area contributed by atoms with E-state index in [0.717, 1.165) is 22.6 Å². The number of imidazole rings is 1. The molecule has 35 heavy (non-hydrogen) atoms. The Morgan fingerprint density at radius 2 is 1.66 bits per heavy atom. The number of hydrogen-bond acceptors (Lipinski definition) is 7. The van der Waals surface area contributed by atoms with Crippen LogP contribution in [0.5, 0.6) is 0 Å². The molecule has 4 rings (SSSR count). The molecule has 0 fully saturated rings. The minimum Gasteiger partial charge on any atom is -0.340 e. The quantitative estimate of drug-likeness (QED) is 0.339. The zero-order valence-electron chi connectivity index (χ0n) is 20.4. The fourth-order valence-corrected chi connectivity index (χ4v) is 4.84. The third kappa shape index (κ3) is 6.23. The van der Waals surface area contributed by atoms with E-state index in [1.807, 2.05) is 48.9 Å². The van der Waals surface area contributed by atoms with Crippen molar-refractivity contribution in [2.45, 2.75) is 45.1 Å². The van der Waals surface area contributed by atoms with E-state index in [0.29, 0.717) is 17.5 Å². The first-order chi connectivity index (χ1) is 16.5. The van der Waals surface area contributed by atoms with Crippen molar-refractivity contribution in [3.8, 4) is 5.69 Å². The third-order valence-corrected chi connectivity index (χ3v) is 6.71. The molecule has 0 radical (unpaired) electrons. The average molecular weight is 492 g/mol. The van der Waals surface area contributed by atoms with Gasteiger partial charge in [0.25, 0.3) is 0 Å². The summed E-state index contributed by atoms with van der Waals surface area (Å²) in [7, 11) is -3.65. The standard InChI is InChI=1S/C25H29N7O2S/c1-17-14-26-24(29-19-9-11-21(12-10-19)32-15-18(2)27-16-32)30-23(17)28-20-7-6-8-22(13-20)35(33,34)31-25(3,4)5/h6-16,31H,1-5H3,(H2,26,28,29,30). The number of sulfonamides is 1. The highest BCUT2D eigenvalue weighted by Gasteiger charge is 2.22. The summed E-state index contributed by atoms with van der Waals surface area (Å²) in [6.45, 7) is 9.24. The van der Waals surface area contributed by atoms with Gasteiger partial charge in [0.05, 0.1) is 16.9 Å². The van der Waals surface area contributed by atoms with Gasteiger partial charge in [-0.3, -0.25) is 0 Å². The number of aryl methyl sites for hydroxylation is 2. The van der Waals surface area contributed by atoms with Gasteiger partial charge in [0.1, 0.15) is 5.82 Å². The van der Waals surface area contributed by atoms with E-state index < -0.39 is 15.6 Å². The summed E-state index contributed by atoms with van der Waals surface area (Å²) in [6.07, 6.45) is 5.45. The highest BCUT2D eigenvalue weighted by atomic mass is 32.2. The maximum atomic E-state index is 12.7. The van der Waals surface area contributed by atoms with Crippen LogP contribution < -0.4 is 15.4 Å². The first-order valence-electron chi connectivity index (χ1n) is 11.1. The van der Waals surface area contributed by atoms with Gasteiger partial charge in [0.2, 0.25) is 16.0 Å². The number of benzene rings is 2. The van der Waals surface area contributed by atoms with Gasteiger partial charge in [0, 0.05) is 40.6 Å². The first kappa shape index (κ1) is 24.4. The SMILES string of the molecule is Cc1cn(-c2ccc(Nc3ncc(C)c(Nc4cccc(S(=O)(=O)NC(C)(C)C)c4)n3)cc2)cn1. The van der Waals surface area contributed by atoms with Gasteiger partial charge in [0.15, 0.2) is 0 Å². The fraction of sp³-hybridized carbons (Fsp3) is 0.240. The number of hydrogen-bond donors (Lipinski definition) is 3. The molecule has 0 spiro atoms. The lowest BCUT2D eigenvalue weighted by molar-refractivity contribution is 0.491. The maximum Gasteiger partial charge on any atom is 0.241 e. The second-order valence-electron chi connectivity index (χ2n) is 9.33. The zero-order valence-corrected chi connectivity index (χ0v) is 21.2. The lowest BCUT2D eigenvalue weighted by atomic mass is 10.1. The van der Waals surface area contributed by atoms with Crippen molar-refractivity contribution in [1.82, 2.24) is 24.2 Å². The van der Waals surface area contributed by atoms with Crippen LogP contribution >= 0.6 is 0 Å². The lowest BCUT2D eigenvalue weighted by Gasteiger charge is -2.20. The van der Waals surface area contributed by atoms with Crippen molar-refractivity contribution < 1.29 is 8.42 Å². The van der Waals surface area contributed by atoms with Crippen LogP contribution in [0.15, 0.2) is 72.1 Å². The summed E-state index contributed by atoms with van der Waals surface area (Å²) in [5.41, 5.74) is 3.63. The molecule has 0 saturated heterocycles. The first-order valence-corrected chi connectivity index (χ1v) is 12.6. The van der Waals surface area contributed by atoms with Crippen molar-refractivity contribution in [3.63, 3.8) is 0 Å². The zero-order chi connectivity index (χ0) is 25.2. The number of nitrogens with one attached hydrogen (secondary N) is 3. The van der Waals surface area contributed by atoms with Crippen molar-refractivity contribution in [2.75, 3.05) is 10.6 Å². The van der Waals surface area contributed by atoms with E-state index in [-0.39, 0.29) is 4.90 Å². The molecular weight excluding hydrogens is 462 g/mol. The monoisotopic (exact) mass is 491 g/mol. The minimum atomic E-state index is -3.65. The summed E-state index contributed by atoms with van der Waals surface area (Å²) in [6, 6.07) is 14.5. The maximum absolute atomic E-state index is 12.7. The Morgan fingerprint density at radius 3 is 2.31 bits per heavy atom. The van der Waals surface area contributed by atoms with Crippen LogP contribution in [0.1, 0.15) is 32.0 Å². The van der Waals surface area contributed by atoms with Crippen LogP contribution in [0, 0.1) is 13.8 Å². The van der Waals surface area contributed by atoms with Crippen molar-refractivity contribution >= 4 is 33.2 Å². The predicted molar refractivity (Wildman–Crippen MR) is 138 cm³/mol. The van der Waals surface area contributed by atoms with Crippen LogP contribution in [0.4, 0.5) is 23.1 Å². The van der Waals surface area contributed by atoms with Crippen molar-refractivity contribution in [2.24, 2.45) is 0 Å². The Morgan fingerprint density at radius 1 is 0.914 bits per heavy atom. The fourth-order valence-electron chi connectivity index (χ4n) is 3.38. The molecule has 0 saturated carbocycles. The second-order valence-corrected chi connectivity index (χ2v) is 11.0. The Bertz CT molecular complexity index is 1440. The molecule has 0 atom stereocenters. The van der Waals surface area contributed by atoms with Gasteiger partial charge in [-0.15, -0.1) is 0 Å². The molecule has 2 heterocycles. The Labute approximate surface area is 205 Å². The molecule has 9 nitrogen and oxygen atoms in total. The highest BCUT2D eigenvalue weighted by molar-refractivity contribution is 7.89. The van der Waals surface area contributed by atoms with E-state index in [2.05, 4.69) is 30.3 Å². The van der Waals surface area contributed by atoms with Gasteiger partial charge >= 0.3 is 0 Å². The largest absolute Gasteiger partial charge is 0.340 e. The van der Waals surface area contributed by atoms with Gasteiger partial charge in [-0.1, -0.05) is 6.07 Å². The lowest BCUT2D eigenvalue weighted by Crippen LogP contribution is -2.40. The van der Waals surface area contributed by atoms with Crippen LogP contribution in [0.25, 0.3) is 5.69 Å². The summed E-state index contributed by atoms with van der Waals surface area (Å²) < 4.78 is 30.0. The molecule has 2 aromatic heterocycles. The van der Waals surface area contributed by atoms with E-state index >= 15 is 0 Å². The number of anilines is 4. The van der Waals surface area contributed by atoms with Crippen molar-refractivity contribution in [1.29, 1.82) is 0 Å². The van der Waals surface area contributed by atoms with E-state index in [4.69, 9.17) is 0 Å². The van der Waals surface area contributed by atoms with Gasteiger partial charge in [-0.2, -0.15) is 4.98 Å². The van der Waals surface area contributed by atoms with Crippen LogP contribution in [-0.4, -0.2) is 33.5 Å². The molecule has 10 heteroatoms. The van der Waals surface area contributed by atoms with Crippen LogP contribution in [-0.2, 0) is 10.0 Å². The number of rotatable bonds is 7. The molecule has 4 aromatic rings. The van der Waals surface area contributed by atoms with E-state index in [9.17, 15) is 8.42 Å². The molecule has 0 unspecified atom stereocenters. The molecular formula is C25H29N7O2S. The molecule has 182 valence electrons. The summed E-state index contributed by atoms with van der Waals surface area (Å²) in [5, 5.41) is 6.42. The molecule has 0 aliphatic carbocycles. The molecule has 0 bridgehead atoms. The summed E-state index contributed by atoms with van der Waals surface area (Å²) in [5.74, 6) is 0.994. The van der Waals surface area contributed by atoms with E-state index in [1.54, 1.807) is 57.6 Å². The third-order valence-electron chi connectivity index (χ3n) is 4.95. The highest BCUT2D eigenvalue weighted by Crippen LogP contribution is 2.24. The Kier molecular flexibility index (Phi) is 6.60. The Balaban J connectivity index is 1.51. The van der Waals surface area contributed by atoms with Gasteiger partial charge in [-0.05, 0) is 77.1 Å². The molecule has 0 aliphatic rings. The molecule has 2 aromatic carbocycles. The van der Waals surface area contributed by atoms with E-state index in [1.165, 1.54) is 0 Å². The molecule has 3 N–H and O–H groups in total. The summed E-state index contributed by atoms with van der Waals surface area (Å²) in [4.78, 5) is 13.4. The van der Waals surface area contributed by atoms with Crippen molar-refractivity contribution in [3.05, 3.63) is 78.5 Å². The molecule has 0 aliphatic heterocycles. The number of nitrogens with zero attached hydrogens (tertiary/aromatic N) is 4.